The minimum Gasteiger partial charge on any atom is -0.496 e. The lowest BCUT2D eigenvalue weighted by molar-refractivity contribution is -0.00647. The number of rotatable bonds is 6. The second-order valence-corrected chi connectivity index (χ2v) is 12.3. The van der Waals surface area contributed by atoms with Crippen LogP contribution in [-0.2, 0) is 14.8 Å². The van der Waals surface area contributed by atoms with E-state index in [-0.39, 0.29) is 29.9 Å². The van der Waals surface area contributed by atoms with E-state index in [1.54, 1.807) is 26.8 Å². The molecule has 0 aromatic heterocycles. The molecule has 2 atom stereocenters. The van der Waals surface area contributed by atoms with Crippen LogP contribution in [-0.4, -0.2) is 63.0 Å². The summed E-state index contributed by atoms with van der Waals surface area (Å²) in [6.07, 6.45) is -0.970. The first kappa shape index (κ1) is 29.4. The lowest BCUT2D eigenvalue weighted by atomic mass is 9.98. The van der Waals surface area contributed by atoms with Crippen LogP contribution in [0.3, 0.4) is 0 Å². The third-order valence-corrected chi connectivity index (χ3v) is 9.78. The number of fused-ring (bicyclic) bond motifs is 3. The van der Waals surface area contributed by atoms with E-state index in [0.29, 0.717) is 35.3 Å². The van der Waals surface area contributed by atoms with E-state index in [0.717, 1.165) is 22.3 Å². The average Bonchev–Trinajstić information content (AvgIpc) is 3.28. The number of sulfonamides is 1. The van der Waals surface area contributed by atoms with Crippen LogP contribution in [0.5, 0.6) is 5.75 Å². The molecule has 222 valence electrons. The zero-order valence-corrected chi connectivity index (χ0v) is 24.9. The van der Waals surface area contributed by atoms with Crippen molar-refractivity contribution in [1.29, 1.82) is 0 Å². The van der Waals surface area contributed by atoms with Crippen molar-refractivity contribution < 1.29 is 27.8 Å². The van der Waals surface area contributed by atoms with Crippen molar-refractivity contribution in [1.82, 2.24) is 10.2 Å². The molecule has 0 radical (unpaired) electrons. The molecule has 3 aromatic carbocycles. The van der Waals surface area contributed by atoms with E-state index in [9.17, 15) is 18.3 Å². The summed E-state index contributed by atoms with van der Waals surface area (Å²) in [6, 6.07) is 17.0. The molecule has 1 aliphatic heterocycles. The molecule has 42 heavy (non-hydrogen) atoms. The summed E-state index contributed by atoms with van der Waals surface area (Å²) in [4.78, 5) is 14.2. The fourth-order valence-corrected chi connectivity index (χ4v) is 7.47. The van der Waals surface area contributed by atoms with Gasteiger partial charge < -0.3 is 30.5 Å². The summed E-state index contributed by atoms with van der Waals surface area (Å²) in [5.41, 5.74) is 12.3. The fraction of sp³-hybridized carbons (Fsp3) is 0.355. The summed E-state index contributed by atoms with van der Waals surface area (Å²) in [5.74, 6) is 0.126. The maximum Gasteiger partial charge on any atom is 0.407 e. The molecular weight excluding hydrogens is 556 g/mol. The number of likely N-dealkylation sites (tertiary alicyclic amines) is 1. The topological polar surface area (TPSA) is 144 Å². The minimum atomic E-state index is -4.21. The monoisotopic (exact) mass is 592 g/mol. The van der Waals surface area contributed by atoms with Crippen molar-refractivity contribution in [2.45, 2.75) is 56.7 Å². The largest absolute Gasteiger partial charge is 0.496 e. The Labute approximate surface area is 246 Å². The number of nitrogens with zero attached hydrogens (tertiary/aromatic N) is 2. The number of amides is 1. The molecule has 1 aliphatic carbocycles. The molecule has 1 saturated heterocycles. The van der Waals surface area contributed by atoms with Gasteiger partial charge in [-0.1, -0.05) is 48.5 Å². The Morgan fingerprint density at radius 1 is 1.07 bits per heavy atom. The van der Waals surface area contributed by atoms with Gasteiger partial charge >= 0.3 is 6.09 Å². The molecule has 2 aliphatic rings. The number of aliphatic hydroxyl groups excluding tert-OH is 1. The predicted molar refractivity (Wildman–Crippen MR) is 160 cm³/mol. The van der Waals surface area contributed by atoms with Crippen LogP contribution in [0, 0.1) is 20.8 Å². The highest BCUT2D eigenvalue weighted by molar-refractivity contribution is 7.90. The zero-order valence-electron chi connectivity index (χ0n) is 24.1. The quantitative estimate of drug-likeness (QED) is 0.289. The van der Waals surface area contributed by atoms with Gasteiger partial charge in [0.05, 0.1) is 18.0 Å². The number of alkyl carbamates (subject to hydrolysis) is 1. The van der Waals surface area contributed by atoms with Crippen molar-refractivity contribution in [3.8, 4) is 16.9 Å². The Hall–Kier alpha value is -4.09. The average molecular weight is 593 g/mol. The van der Waals surface area contributed by atoms with Crippen LogP contribution >= 0.6 is 0 Å². The standard InChI is InChI=1S/C31H36N4O6S/c1-18-16-27(40-4)19(2)20(3)28(18)42(38,39)34-30(32)35-15-9-14-26(29(35)36)33-31(37)41-17-25-23-12-7-5-10-21(23)22-11-6-8-13-24(22)25/h5-8,10-13,16,25-26,29,36H,9,14-15,17H2,1-4H3,(H2,32,34)(H,33,37)/t26-,29?/m0/s1. The highest BCUT2D eigenvalue weighted by Gasteiger charge is 2.35. The summed E-state index contributed by atoms with van der Waals surface area (Å²) in [7, 11) is -2.68. The third-order valence-electron chi connectivity index (χ3n) is 8.20. The van der Waals surface area contributed by atoms with Gasteiger partial charge in [0, 0.05) is 12.5 Å². The number of nitrogens with two attached hydrogens (primary N) is 1. The molecule has 1 fully saturated rings. The maximum atomic E-state index is 13.3. The van der Waals surface area contributed by atoms with E-state index >= 15 is 0 Å². The summed E-state index contributed by atoms with van der Waals surface area (Å²) in [6.45, 7) is 5.53. The number of methoxy groups -OCH3 is 1. The number of carbonyl (C=O) groups excluding carboxylic acids is 1. The number of benzene rings is 3. The fourth-order valence-electron chi connectivity index (χ4n) is 6.02. The normalized spacial score (nSPS) is 18.8. The van der Waals surface area contributed by atoms with Crippen molar-refractivity contribution in [2.75, 3.05) is 20.3 Å². The first-order chi connectivity index (χ1) is 20.0. The van der Waals surface area contributed by atoms with E-state index in [1.165, 1.54) is 12.0 Å². The molecule has 1 unspecified atom stereocenters. The summed E-state index contributed by atoms with van der Waals surface area (Å²) < 4.78 is 41.5. The first-order valence-corrected chi connectivity index (χ1v) is 15.3. The van der Waals surface area contributed by atoms with E-state index < -0.39 is 28.4 Å². The molecule has 1 amide bonds. The number of piperidine rings is 1. The van der Waals surface area contributed by atoms with Crippen molar-refractivity contribution in [3.05, 3.63) is 82.4 Å². The van der Waals surface area contributed by atoms with Gasteiger partial charge in [0.15, 0.2) is 0 Å². The molecule has 10 nitrogen and oxygen atoms in total. The second kappa shape index (κ2) is 11.7. The molecule has 3 aromatic rings. The second-order valence-electron chi connectivity index (χ2n) is 10.7. The van der Waals surface area contributed by atoms with Crippen molar-refractivity contribution in [3.63, 3.8) is 0 Å². The first-order valence-electron chi connectivity index (χ1n) is 13.8. The molecule has 0 saturated carbocycles. The van der Waals surface area contributed by atoms with Gasteiger partial charge in [0.2, 0.25) is 5.96 Å². The van der Waals surface area contributed by atoms with Gasteiger partial charge in [-0.25, -0.2) is 4.79 Å². The number of aryl methyl sites for hydroxylation is 1. The molecule has 4 N–H and O–H groups in total. The van der Waals surface area contributed by atoms with E-state index in [4.69, 9.17) is 15.2 Å². The predicted octanol–water partition coefficient (Wildman–Crippen LogP) is 3.95. The van der Waals surface area contributed by atoms with Crippen molar-refractivity contribution in [2.24, 2.45) is 10.1 Å². The Balaban J connectivity index is 1.27. The maximum absolute atomic E-state index is 13.3. The highest BCUT2D eigenvalue weighted by Crippen LogP contribution is 2.44. The molecule has 11 heteroatoms. The minimum absolute atomic E-state index is 0.0450. The molecule has 0 spiro atoms. The summed E-state index contributed by atoms with van der Waals surface area (Å²) >= 11 is 0. The van der Waals surface area contributed by atoms with Gasteiger partial charge in [0.25, 0.3) is 10.0 Å². The summed E-state index contributed by atoms with van der Waals surface area (Å²) in [5, 5.41) is 13.8. The number of hydrogen-bond donors (Lipinski definition) is 3. The SMILES string of the molecule is COc1cc(C)c(S(=O)(=O)/N=C(/N)N2CCC[C@H](NC(=O)OCC3c4ccccc4-c4ccccc43)C2O)c(C)c1C. The van der Waals surface area contributed by atoms with Gasteiger partial charge in [-0.2, -0.15) is 8.42 Å². The Bertz CT molecular complexity index is 1610. The number of aliphatic hydroxyl groups is 1. The van der Waals surface area contributed by atoms with Crippen LogP contribution in [0.4, 0.5) is 4.79 Å². The molecule has 1 heterocycles. The Morgan fingerprint density at radius 3 is 2.31 bits per heavy atom. The van der Waals surface area contributed by atoms with Gasteiger partial charge in [-0.05, 0) is 78.6 Å². The van der Waals surface area contributed by atoms with E-state index in [2.05, 4.69) is 21.8 Å². The zero-order chi connectivity index (χ0) is 30.2. The lowest BCUT2D eigenvalue weighted by Crippen LogP contribution is -2.58. The van der Waals surface area contributed by atoms with Crippen LogP contribution in [0.25, 0.3) is 11.1 Å². The molecular formula is C31H36N4O6S. The number of ether oxygens (including phenoxy) is 2. The Kier molecular flexibility index (Phi) is 8.16. The van der Waals surface area contributed by atoms with Crippen LogP contribution in [0.15, 0.2) is 63.9 Å². The van der Waals surface area contributed by atoms with Crippen LogP contribution in [0.2, 0.25) is 0 Å². The number of nitrogens with one attached hydrogen (secondary N) is 1. The van der Waals surface area contributed by atoms with Gasteiger partial charge in [-0.15, -0.1) is 4.40 Å². The highest BCUT2D eigenvalue weighted by atomic mass is 32.2. The smallest absolute Gasteiger partial charge is 0.407 e. The number of guanidine groups is 1. The Morgan fingerprint density at radius 2 is 1.69 bits per heavy atom. The third kappa shape index (κ3) is 5.41. The van der Waals surface area contributed by atoms with Gasteiger partial charge in [0.1, 0.15) is 18.6 Å². The van der Waals surface area contributed by atoms with Gasteiger partial charge in [-0.3, -0.25) is 0 Å². The number of hydrogen-bond acceptors (Lipinski definition) is 6. The molecule has 5 rings (SSSR count). The van der Waals surface area contributed by atoms with E-state index in [1.807, 2.05) is 36.4 Å². The van der Waals surface area contributed by atoms with Crippen molar-refractivity contribution >= 4 is 22.1 Å². The number of carbonyl (C=O) groups is 1. The molecule has 0 bridgehead atoms. The van der Waals surface area contributed by atoms with Crippen LogP contribution in [0.1, 0.15) is 46.6 Å². The lowest BCUT2D eigenvalue weighted by Gasteiger charge is -2.38. The van der Waals surface area contributed by atoms with Crippen LogP contribution < -0.4 is 15.8 Å².